The molecule has 0 aliphatic heterocycles. The molecular weight excluding hydrogens is 326 g/mol. The van der Waals surface area contributed by atoms with Crippen molar-refractivity contribution in [1.29, 1.82) is 0 Å². The summed E-state index contributed by atoms with van der Waals surface area (Å²) in [4.78, 5) is 0. The van der Waals surface area contributed by atoms with Gasteiger partial charge in [-0.15, -0.1) is 0 Å². The predicted molar refractivity (Wildman–Crippen MR) is 106 cm³/mol. The van der Waals surface area contributed by atoms with Gasteiger partial charge in [0.25, 0.3) is 0 Å². The molecule has 0 saturated carbocycles. The lowest BCUT2D eigenvalue weighted by molar-refractivity contribution is 0.107. The van der Waals surface area contributed by atoms with Crippen LogP contribution in [0.1, 0.15) is 34.1 Å². The first-order valence-corrected chi connectivity index (χ1v) is 17.0. The molecule has 0 aliphatic carbocycles. The molecule has 0 atom stereocenters. The largest absolute Gasteiger partial charge is 0.484 e. The van der Waals surface area contributed by atoms with Crippen LogP contribution in [-0.4, -0.2) is 56.6 Å². The van der Waals surface area contributed by atoms with Crippen LogP contribution in [0.4, 0.5) is 0 Å². The van der Waals surface area contributed by atoms with Gasteiger partial charge in [-0.3, -0.25) is 0 Å². The summed E-state index contributed by atoms with van der Waals surface area (Å²) in [5.41, 5.74) is 0. The fourth-order valence-corrected chi connectivity index (χ4v) is 13.4. The lowest BCUT2D eigenvalue weighted by atomic mass is 10.5. The fourth-order valence-electron chi connectivity index (χ4n) is 2.45. The second-order valence-electron chi connectivity index (χ2n) is 7.15. The first-order valence-electron chi connectivity index (χ1n) is 8.67. The molecule has 0 spiro atoms. The summed E-state index contributed by atoms with van der Waals surface area (Å²) in [5.74, 6) is 0. The first kappa shape index (κ1) is 24.7. The third-order valence-corrected chi connectivity index (χ3v) is 12.5. The number of rotatable bonds is 10. The summed E-state index contributed by atoms with van der Waals surface area (Å²) in [7, 11) is -3.83. The summed E-state index contributed by atoms with van der Waals surface area (Å²) in [6.07, 6.45) is 1.30. The minimum atomic E-state index is -1.73. The van der Waals surface area contributed by atoms with E-state index in [1.165, 1.54) is 13.0 Å². The summed E-state index contributed by atoms with van der Waals surface area (Å²) in [6, 6.07) is 0. The lowest BCUT2D eigenvalue weighted by Gasteiger charge is -2.43. The molecule has 4 nitrogen and oxygen atoms in total. The van der Waals surface area contributed by atoms with Crippen LogP contribution in [0.2, 0.25) is 39.3 Å². The second kappa shape index (κ2) is 12.9. The second-order valence-corrected chi connectivity index (χ2v) is 18.9. The van der Waals surface area contributed by atoms with E-state index in [-0.39, 0.29) is 0 Å². The van der Waals surface area contributed by atoms with Gasteiger partial charge in [0.05, 0.1) is 0 Å². The van der Waals surface area contributed by atoms with E-state index in [1.54, 1.807) is 0 Å². The monoisotopic (exact) mass is 367 g/mol. The third-order valence-electron chi connectivity index (χ3n) is 2.97. The summed E-state index contributed by atoms with van der Waals surface area (Å²) in [6.45, 7) is 26.2. The van der Waals surface area contributed by atoms with Crippen molar-refractivity contribution in [2.24, 2.45) is 0 Å². The molecule has 0 rings (SSSR count). The molecule has 0 heterocycles. The van der Waals surface area contributed by atoms with Gasteiger partial charge < -0.3 is 17.5 Å². The highest BCUT2D eigenvalue weighted by Gasteiger charge is 2.33. The van der Waals surface area contributed by atoms with Gasteiger partial charge in [-0.1, -0.05) is 46.2 Å². The minimum absolute atomic E-state index is 0.677. The zero-order chi connectivity index (χ0) is 17.8. The Balaban J connectivity index is 0. The Morgan fingerprint density at radius 2 is 1.00 bits per heavy atom. The van der Waals surface area contributed by atoms with E-state index in [0.717, 1.165) is 0 Å². The fraction of sp³-hybridized carbons (Fsp3) is 1.00. The van der Waals surface area contributed by atoms with Crippen molar-refractivity contribution in [3.63, 3.8) is 0 Å². The molecular formula is C15H41NO3Si3. The maximum atomic E-state index is 5.22. The standard InChI is InChI=1S/C9H25NSi2.C6H16O3Si/c1-8-9-10(11(2,3)4)12(5,6)7;1-4-7-10(8-5-2)9-6-3/h8-9H2,1-7H3;10H,4-6H2,1-3H3. The smallest absolute Gasteiger partial charge is 0.376 e. The van der Waals surface area contributed by atoms with Crippen LogP contribution in [0.5, 0.6) is 0 Å². The molecule has 0 radical (unpaired) electrons. The highest BCUT2D eigenvalue weighted by molar-refractivity contribution is 6.89. The highest BCUT2D eigenvalue weighted by atomic mass is 28.4. The Labute approximate surface area is 143 Å². The van der Waals surface area contributed by atoms with Crippen molar-refractivity contribution >= 4 is 26.0 Å². The number of hydrogen-bond donors (Lipinski definition) is 0. The number of hydrogen-bond acceptors (Lipinski definition) is 4. The SMILES string of the molecule is CCCN([Si](C)(C)C)[Si](C)(C)C.CCO[SiH](OCC)OCC. The van der Waals surface area contributed by atoms with Gasteiger partial charge in [-0.05, 0) is 33.7 Å². The molecule has 0 aromatic rings. The van der Waals surface area contributed by atoms with E-state index in [2.05, 4.69) is 50.4 Å². The van der Waals surface area contributed by atoms with E-state index < -0.39 is 26.0 Å². The molecule has 0 aliphatic rings. The lowest BCUT2D eigenvalue weighted by Crippen LogP contribution is -2.59. The van der Waals surface area contributed by atoms with Gasteiger partial charge in [0.2, 0.25) is 0 Å². The molecule has 0 aromatic carbocycles. The average molecular weight is 368 g/mol. The minimum Gasteiger partial charge on any atom is -0.376 e. The molecule has 0 bridgehead atoms. The Bertz CT molecular complexity index is 227. The zero-order valence-corrected chi connectivity index (χ0v) is 19.9. The maximum absolute atomic E-state index is 5.22. The van der Waals surface area contributed by atoms with Gasteiger partial charge in [0, 0.05) is 19.8 Å². The Morgan fingerprint density at radius 1 is 0.682 bits per heavy atom. The molecule has 22 heavy (non-hydrogen) atoms. The van der Waals surface area contributed by atoms with Crippen LogP contribution in [0.15, 0.2) is 0 Å². The molecule has 0 N–H and O–H groups in total. The molecule has 136 valence electrons. The van der Waals surface area contributed by atoms with Crippen LogP contribution >= 0.6 is 0 Å². The van der Waals surface area contributed by atoms with Crippen LogP contribution in [0, 0.1) is 0 Å². The van der Waals surface area contributed by atoms with Crippen molar-refractivity contribution < 1.29 is 13.3 Å². The molecule has 0 unspecified atom stereocenters. The zero-order valence-electron chi connectivity index (χ0n) is 16.8. The van der Waals surface area contributed by atoms with Crippen LogP contribution in [0.3, 0.4) is 0 Å². The van der Waals surface area contributed by atoms with E-state index in [1.807, 2.05) is 20.8 Å². The molecule has 0 fully saturated rings. The normalized spacial score (nSPS) is 12.5. The van der Waals surface area contributed by atoms with Gasteiger partial charge >= 0.3 is 9.53 Å². The van der Waals surface area contributed by atoms with E-state index in [4.69, 9.17) is 13.3 Å². The number of nitrogens with zero attached hydrogens (tertiary/aromatic N) is 1. The Kier molecular flexibility index (Phi) is 14.5. The first-order chi connectivity index (χ1) is 10.0. The predicted octanol–water partition coefficient (Wildman–Crippen LogP) is 4.18. The molecule has 0 amide bonds. The van der Waals surface area contributed by atoms with Crippen LogP contribution < -0.4 is 0 Å². The molecule has 7 heteroatoms. The Hall–Kier alpha value is 0.491. The van der Waals surface area contributed by atoms with E-state index in [0.29, 0.717) is 19.8 Å². The maximum Gasteiger partial charge on any atom is 0.484 e. The Morgan fingerprint density at radius 3 is 1.14 bits per heavy atom. The average Bonchev–Trinajstić information content (AvgIpc) is 2.35. The topological polar surface area (TPSA) is 30.9 Å². The summed E-state index contributed by atoms with van der Waals surface area (Å²) >= 11 is 0. The van der Waals surface area contributed by atoms with Crippen molar-refractivity contribution in [1.82, 2.24) is 4.23 Å². The van der Waals surface area contributed by atoms with Gasteiger partial charge in [-0.25, -0.2) is 0 Å². The van der Waals surface area contributed by atoms with Crippen LogP contribution in [0.25, 0.3) is 0 Å². The third kappa shape index (κ3) is 13.0. The van der Waals surface area contributed by atoms with Gasteiger partial charge in [0.15, 0.2) is 0 Å². The van der Waals surface area contributed by atoms with Gasteiger partial charge in [-0.2, -0.15) is 0 Å². The van der Waals surface area contributed by atoms with Crippen molar-refractivity contribution in [3.05, 3.63) is 0 Å². The van der Waals surface area contributed by atoms with Gasteiger partial charge in [0.1, 0.15) is 16.5 Å². The molecule has 0 saturated heterocycles. The van der Waals surface area contributed by atoms with E-state index in [9.17, 15) is 0 Å². The van der Waals surface area contributed by atoms with Crippen molar-refractivity contribution in [3.8, 4) is 0 Å². The highest BCUT2D eigenvalue weighted by Crippen LogP contribution is 2.19. The summed E-state index contributed by atoms with van der Waals surface area (Å²) in [5, 5.41) is 0. The molecule has 0 aromatic heterocycles. The quantitative estimate of drug-likeness (QED) is 0.542. The van der Waals surface area contributed by atoms with Crippen molar-refractivity contribution in [2.45, 2.75) is 73.4 Å². The van der Waals surface area contributed by atoms with Crippen LogP contribution in [-0.2, 0) is 13.3 Å². The summed E-state index contributed by atoms with van der Waals surface area (Å²) < 4.78 is 18.5. The van der Waals surface area contributed by atoms with E-state index >= 15 is 0 Å². The van der Waals surface area contributed by atoms with Crippen molar-refractivity contribution in [2.75, 3.05) is 26.4 Å².